The molecule has 0 aliphatic carbocycles. The number of nitrogens with zero attached hydrogens (tertiary/aromatic N) is 1. The molecule has 1 aromatic carbocycles. The Morgan fingerprint density at radius 3 is 2.81 bits per heavy atom. The van der Waals surface area contributed by atoms with E-state index in [0.717, 1.165) is 5.56 Å². The van der Waals surface area contributed by atoms with Gasteiger partial charge in [0.25, 0.3) is 5.56 Å². The lowest BCUT2D eigenvalue weighted by molar-refractivity contribution is 0.839. The van der Waals surface area contributed by atoms with E-state index in [2.05, 4.69) is 11.7 Å². The molecule has 2 aromatic rings. The SMILES string of the molecule is C=Cc1cc(=O)n(-c2c(C)cccc2Cl)[nH]1. The summed E-state index contributed by atoms with van der Waals surface area (Å²) in [5, 5.41) is 3.47. The summed E-state index contributed by atoms with van der Waals surface area (Å²) in [5.41, 5.74) is 2.14. The Morgan fingerprint density at radius 1 is 1.50 bits per heavy atom. The first-order valence-corrected chi connectivity index (χ1v) is 5.21. The third-order valence-corrected chi connectivity index (χ3v) is 2.68. The maximum absolute atomic E-state index is 11.7. The number of H-pyrrole nitrogens is 1. The van der Waals surface area contributed by atoms with Gasteiger partial charge in [0.15, 0.2) is 0 Å². The van der Waals surface area contributed by atoms with E-state index in [-0.39, 0.29) is 5.56 Å². The van der Waals surface area contributed by atoms with Crippen LogP contribution >= 0.6 is 11.6 Å². The fourth-order valence-electron chi connectivity index (χ4n) is 1.59. The van der Waals surface area contributed by atoms with Crippen LogP contribution in [0.1, 0.15) is 11.3 Å². The van der Waals surface area contributed by atoms with Gasteiger partial charge in [0.2, 0.25) is 0 Å². The molecule has 3 nitrogen and oxygen atoms in total. The molecule has 1 heterocycles. The van der Waals surface area contributed by atoms with Gasteiger partial charge in [-0.1, -0.05) is 30.3 Å². The highest BCUT2D eigenvalue weighted by Gasteiger charge is 2.09. The van der Waals surface area contributed by atoms with Crippen LogP contribution in [0.2, 0.25) is 5.02 Å². The largest absolute Gasteiger partial charge is 0.291 e. The van der Waals surface area contributed by atoms with Crippen LogP contribution in [-0.2, 0) is 0 Å². The molecule has 0 radical (unpaired) electrons. The highest BCUT2D eigenvalue weighted by atomic mass is 35.5. The summed E-state index contributed by atoms with van der Waals surface area (Å²) in [7, 11) is 0. The van der Waals surface area contributed by atoms with Crippen LogP contribution < -0.4 is 5.56 Å². The highest BCUT2D eigenvalue weighted by Crippen LogP contribution is 2.22. The lowest BCUT2D eigenvalue weighted by Crippen LogP contribution is -2.15. The Balaban J connectivity index is 2.72. The maximum atomic E-state index is 11.7. The lowest BCUT2D eigenvalue weighted by atomic mass is 10.2. The van der Waals surface area contributed by atoms with Gasteiger partial charge in [-0.25, -0.2) is 4.68 Å². The molecule has 0 bridgehead atoms. The number of hydrogen-bond donors (Lipinski definition) is 1. The zero-order valence-electron chi connectivity index (χ0n) is 8.83. The van der Waals surface area contributed by atoms with Crippen molar-refractivity contribution in [2.75, 3.05) is 0 Å². The van der Waals surface area contributed by atoms with Crippen molar-refractivity contribution < 1.29 is 0 Å². The minimum Gasteiger partial charge on any atom is -0.291 e. The number of halogens is 1. The average Bonchev–Trinajstić information content (AvgIpc) is 2.60. The molecule has 16 heavy (non-hydrogen) atoms. The van der Waals surface area contributed by atoms with Crippen molar-refractivity contribution in [1.29, 1.82) is 0 Å². The van der Waals surface area contributed by atoms with E-state index in [1.165, 1.54) is 10.7 Å². The van der Waals surface area contributed by atoms with Crippen molar-refractivity contribution in [3.8, 4) is 5.69 Å². The topological polar surface area (TPSA) is 37.8 Å². The van der Waals surface area contributed by atoms with Crippen molar-refractivity contribution in [2.24, 2.45) is 0 Å². The quantitative estimate of drug-likeness (QED) is 0.853. The number of aromatic amines is 1. The van der Waals surface area contributed by atoms with Crippen molar-refractivity contribution in [2.45, 2.75) is 6.92 Å². The molecule has 0 amide bonds. The molecule has 2 rings (SSSR count). The van der Waals surface area contributed by atoms with Gasteiger partial charge in [0, 0.05) is 6.07 Å². The predicted molar refractivity (Wildman–Crippen MR) is 66.2 cm³/mol. The van der Waals surface area contributed by atoms with Gasteiger partial charge in [-0.05, 0) is 24.6 Å². The first-order chi connectivity index (χ1) is 7.63. The molecule has 0 fully saturated rings. The minimum atomic E-state index is -0.147. The smallest absolute Gasteiger partial charge is 0.271 e. The van der Waals surface area contributed by atoms with Crippen LogP contribution in [0.3, 0.4) is 0 Å². The molecular weight excluding hydrogens is 224 g/mol. The molecule has 4 heteroatoms. The molecular formula is C12H11ClN2O. The van der Waals surface area contributed by atoms with E-state index in [0.29, 0.717) is 16.4 Å². The third kappa shape index (κ3) is 1.70. The van der Waals surface area contributed by atoms with Gasteiger partial charge in [0.05, 0.1) is 16.4 Å². The molecule has 1 N–H and O–H groups in total. The van der Waals surface area contributed by atoms with Crippen LogP contribution in [0.4, 0.5) is 0 Å². The molecule has 0 aliphatic heterocycles. The first-order valence-electron chi connectivity index (χ1n) is 4.83. The summed E-state index contributed by atoms with van der Waals surface area (Å²) in [6, 6.07) is 6.99. The second-order valence-electron chi connectivity index (χ2n) is 3.49. The number of rotatable bonds is 2. The molecule has 1 aromatic heterocycles. The summed E-state index contributed by atoms with van der Waals surface area (Å²) >= 11 is 6.08. The van der Waals surface area contributed by atoms with Gasteiger partial charge in [0.1, 0.15) is 0 Å². The standard InChI is InChI=1S/C12H11ClN2O/c1-3-9-7-11(16)15(14-9)12-8(2)5-4-6-10(12)13/h3-7,14H,1H2,2H3. The number of aromatic nitrogens is 2. The van der Waals surface area contributed by atoms with Crippen LogP contribution in [0, 0.1) is 6.92 Å². The van der Waals surface area contributed by atoms with Crippen LogP contribution in [0.25, 0.3) is 11.8 Å². The second-order valence-corrected chi connectivity index (χ2v) is 3.90. The molecule has 0 aliphatic rings. The van der Waals surface area contributed by atoms with E-state index >= 15 is 0 Å². The highest BCUT2D eigenvalue weighted by molar-refractivity contribution is 6.32. The molecule has 0 atom stereocenters. The van der Waals surface area contributed by atoms with Crippen molar-refractivity contribution in [3.63, 3.8) is 0 Å². The Bertz CT molecular complexity index is 575. The van der Waals surface area contributed by atoms with Crippen molar-refractivity contribution in [3.05, 3.63) is 57.5 Å². The fourth-order valence-corrected chi connectivity index (χ4v) is 1.90. The monoisotopic (exact) mass is 234 g/mol. The number of hydrogen-bond acceptors (Lipinski definition) is 1. The molecule has 0 saturated carbocycles. The van der Waals surface area contributed by atoms with Gasteiger partial charge in [-0.15, -0.1) is 0 Å². The summed E-state index contributed by atoms with van der Waals surface area (Å²) in [6.07, 6.45) is 1.59. The van der Waals surface area contributed by atoms with Crippen molar-refractivity contribution >= 4 is 17.7 Å². The maximum Gasteiger partial charge on any atom is 0.271 e. The van der Waals surface area contributed by atoms with Gasteiger partial charge in [-0.3, -0.25) is 9.89 Å². The summed E-state index contributed by atoms with van der Waals surface area (Å²) < 4.78 is 1.43. The van der Waals surface area contributed by atoms with Gasteiger partial charge in [-0.2, -0.15) is 0 Å². The van der Waals surface area contributed by atoms with E-state index in [4.69, 9.17) is 11.6 Å². The number of aryl methyl sites for hydroxylation is 1. The molecule has 0 saturated heterocycles. The average molecular weight is 235 g/mol. The molecule has 82 valence electrons. The number of nitrogens with one attached hydrogen (secondary N) is 1. The molecule has 0 spiro atoms. The Hall–Kier alpha value is -1.74. The fraction of sp³-hybridized carbons (Fsp3) is 0.0833. The lowest BCUT2D eigenvalue weighted by Gasteiger charge is -2.07. The number of para-hydroxylation sites is 1. The number of benzene rings is 1. The minimum absolute atomic E-state index is 0.147. The van der Waals surface area contributed by atoms with E-state index < -0.39 is 0 Å². The molecule has 0 unspecified atom stereocenters. The van der Waals surface area contributed by atoms with Crippen LogP contribution in [0.5, 0.6) is 0 Å². The van der Waals surface area contributed by atoms with Crippen LogP contribution in [0.15, 0.2) is 35.6 Å². The Morgan fingerprint density at radius 2 is 2.25 bits per heavy atom. The summed E-state index contributed by atoms with van der Waals surface area (Å²) in [4.78, 5) is 11.7. The summed E-state index contributed by atoms with van der Waals surface area (Å²) in [6.45, 7) is 5.51. The predicted octanol–water partition coefficient (Wildman–Crippen LogP) is 2.77. The van der Waals surface area contributed by atoms with Gasteiger partial charge >= 0.3 is 0 Å². The van der Waals surface area contributed by atoms with Crippen LogP contribution in [-0.4, -0.2) is 9.78 Å². The van der Waals surface area contributed by atoms with E-state index in [1.807, 2.05) is 19.1 Å². The Kier molecular flexibility index (Phi) is 2.71. The summed E-state index contributed by atoms with van der Waals surface area (Å²) in [5.74, 6) is 0. The first kappa shape index (κ1) is 10.8. The Labute approximate surface area is 98.0 Å². The van der Waals surface area contributed by atoms with E-state index in [9.17, 15) is 4.79 Å². The zero-order chi connectivity index (χ0) is 11.7. The third-order valence-electron chi connectivity index (χ3n) is 2.37. The van der Waals surface area contributed by atoms with Gasteiger partial charge < -0.3 is 0 Å². The van der Waals surface area contributed by atoms with Crippen molar-refractivity contribution in [1.82, 2.24) is 9.78 Å². The zero-order valence-corrected chi connectivity index (χ0v) is 9.58. The second kappa shape index (κ2) is 4.02. The normalized spacial score (nSPS) is 10.4. The van der Waals surface area contributed by atoms with E-state index in [1.54, 1.807) is 12.1 Å².